The van der Waals surface area contributed by atoms with Crippen molar-refractivity contribution in [1.82, 2.24) is 0 Å². The third-order valence-electron chi connectivity index (χ3n) is 2.69. The zero-order valence-corrected chi connectivity index (χ0v) is 13.3. The van der Waals surface area contributed by atoms with Gasteiger partial charge in [-0.1, -0.05) is 40.9 Å². The normalized spacial score (nSPS) is 12.0. The van der Waals surface area contributed by atoms with E-state index < -0.39 is 6.10 Å². The number of nitrogens with one attached hydrogen (secondary N) is 1. The largest absolute Gasteiger partial charge is 0.489 e. The van der Waals surface area contributed by atoms with Gasteiger partial charge < -0.3 is 15.2 Å². The van der Waals surface area contributed by atoms with E-state index in [0.717, 1.165) is 5.69 Å². The molecule has 0 heterocycles. The average molecular weight is 347 g/mol. The second-order valence-electron chi connectivity index (χ2n) is 4.43. The molecule has 0 saturated heterocycles. The highest BCUT2D eigenvalue weighted by molar-refractivity contribution is 6.35. The number of aliphatic hydroxyl groups excluding tert-OH is 1. The molecule has 0 fully saturated rings. The molecule has 1 atom stereocenters. The Hall–Kier alpha value is -1.13. The average Bonchev–Trinajstić information content (AvgIpc) is 2.44. The second-order valence-corrected chi connectivity index (χ2v) is 5.71. The number of halogens is 3. The fourth-order valence-electron chi connectivity index (χ4n) is 1.67. The van der Waals surface area contributed by atoms with Gasteiger partial charge in [0.05, 0.1) is 5.02 Å². The zero-order valence-electron chi connectivity index (χ0n) is 11.0. The van der Waals surface area contributed by atoms with Crippen LogP contribution < -0.4 is 10.1 Å². The van der Waals surface area contributed by atoms with Crippen LogP contribution in [0.1, 0.15) is 0 Å². The summed E-state index contributed by atoms with van der Waals surface area (Å²) in [6.45, 7) is 0.459. The van der Waals surface area contributed by atoms with Gasteiger partial charge in [-0.05, 0) is 36.4 Å². The molecule has 0 aliphatic heterocycles. The molecule has 0 radical (unpaired) electrons. The van der Waals surface area contributed by atoms with E-state index in [4.69, 9.17) is 39.5 Å². The van der Waals surface area contributed by atoms with Crippen LogP contribution >= 0.6 is 34.8 Å². The quantitative estimate of drug-likeness (QED) is 0.809. The van der Waals surface area contributed by atoms with Crippen LogP contribution in [0, 0.1) is 0 Å². The molecule has 0 aliphatic carbocycles. The van der Waals surface area contributed by atoms with Crippen LogP contribution in [0.4, 0.5) is 5.69 Å². The SMILES string of the molecule is OC(CNc1cccc(Cl)c1)COc1ccc(Cl)cc1Cl. The third kappa shape index (κ3) is 5.29. The van der Waals surface area contributed by atoms with E-state index in [1.165, 1.54) is 0 Å². The Morgan fingerprint density at radius 3 is 2.52 bits per heavy atom. The van der Waals surface area contributed by atoms with E-state index in [0.29, 0.717) is 27.4 Å². The first-order chi connectivity index (χ1) is 10.0. The maximum absolute atomic E-state index is 9.90. The van der Waals surface area contributed by atoms with Crippen molar-refractivity contribution >= 4 is 40.5 Å². The standard InChI is InChI=1S/C15H14Cl3NO2/c16-10-2-1-3-12(6-10)19-8-13(20)9-21-15-5-4-11(17)7-14(15)18/h1-7,13,19-20H,8-9H2. The molecular formula is C15H14Cl3NO2. The Morgan fingerprint density at radius 2 is 1.81 bits per heavy atom. The van der Waals surface area contributed by atoms with E-state index in [2.05, 4.69) is 5.32 Å². The second kappa shape index (κ2) is 7.76. The number of rotatable bonds is 6. The molecule has 2 aromatic rings. The van der Waals surface area contributed by atoms with Crippen LogP contribution in [-0.2, 0) is 0 Å². The summed E-state index contributed by atoms with van der Waals surface area (Å²) < 4.78 is 5.46. The first-order valence-corrected chi connectivity index (χ1v) is 7.43. The van der Waals surface area contributed by atoms with Crippen LogP contribution in [0.2, 0.25) is 15.1 Å². The lowest BCUT2D eigenvalue weighted by Gasteiger charge is -2.15. The Balaban J connectivity index is 1.80. The van der Waals surface area contributed by atoms with Gasteiger partial charge in [0.15, 0.2) is 0 Å². The van der Waals surface area contributed by atoms with Crippen LogP contribution in [0.25, 0.3) is 0 Å². The third-order valence-corrected chi connectivity index (χ3v) is 3.46. The topological polar surface area (TPSA) is 41.5 Å². The molecule has 0 amide bonds. The zero-order chi connectivity index (χ0) is 15.2. The van der Waals surface area contributed by atoms with Gasteiger partial charge in [-0.25, -0.2) is 0 Å². The highest BCUT2D eigenvalue weighted by Crippen LogP contribution is 2.27. The number of benzene rings is 2. The number of anilines is 1. The number of hydrogen-bond donors (Lipinski definition) is 2. The molecule has 1 unspecified atom stereocenters. The summed E-state index contributed by atoms with van der Waals surface area (Å²) in [7, 11) is 0. The summed E-state index contributed by atoms with van der Waals surface area (Å²) in [4.78, 5) is 0. The van der Waals surface area contributed by atoms with Crippen molar-refractivity contribution in [2.24, 2.45) is 0 Å². The molecule has 2 aromatic carbocycles. The lowest BCUT2D eigenvalue weighted by atomic mass is 10.3. The molecule has 2 N–H and O–H groups in total. The Labute approximate surface area is 138 Å². The lowest BCUT2D eigenvalue weighted by Crippen LogP contribution is -2.26. The molecule has 0 bridgehead atoms. The minimum absolute atomic E-state index is 0.120. The van der Waals surface area contributed by atoms with E-state index >= 15 is 0 Å². The van der Waals surface area contributed by atoms with Crippen molar-refractivity contribution in [3.05, 3.63) is 57.5 Å². The fraction of sp³-hybridized carbons (Fsp3) is 0.200. The Kier molecular flexibility index (Phi) is 6.00. The molecule has 0 aromatic heterocycles. The Bertz CT molecular complexity index is 607. The van der Waals surface area contributed by atoms with Crippen molar-refractivity contribution in [3.8, 4) is 5.75 Å². The van der Waals surface area contributed by atoms with Gasteiger partial charge in [0.2, 0.25) is 0 Å². The van der Waals surface area contributed by atoms with Gasteiger partial charge in [0.1, 0.15) is 18.5 Å². The predicted octanol–water partition coefficient (Wildman–Crippen LogP) is 4.50. The van der Waals surface area contributed by atoms with E-state index in [1.807, 2.05) is 12.1 Å². The summed E-state index contributed by atoms with van der Waals surface area (Å²) >= 11 is 17.7. The highest BCUT2D eigenvalue weighted by atomic mass is 35.5. The molecule has 0 spiro atoms. The maximum atomic E-state index is 9.90. The van der Waals surface area contributed by atoms with Gasteiger partial charge in [-0.3, -0.25) is 0 Å². The molecule has 0 aliphatic rings. The first kappa shape index (κ1) is 16.2. The summed E-state index contributed by atoms with van der Waals surface area (Å²) in [5, 5.41) is 14.6. The molecule has 3 nitrogen and oxygen atoms in total. The fourth-order valence-corrected chi connectivity index (χ4v) is 2.32. The summed E-state index contributed by atoms with van der Waals surface area (Å²) in [6.07, 6.45) is -0.685. The van der Waals surface area contributed by atoms with Crippen LogP contribution in [-0.4, -0.2) is 24.4 Å². The molecule has 0 saturated carbocycles. The molecular weight excluding hydrogens is 333 g/mol. The van der Waals surface area contributed by atoms with Gasteiger partial charge >= 0.3 is 0 Å². The molecule has 112 valence electrons. The molecule has 6 heteroatoms. The van der Waals surface area contributed by atoms with Crippen LogP contribution in [0.3, 0.4) is 0 Å². The van der Waals surface area contributed by atoms with E-state index in [1.54, 1.807) is 30.3 Å². The van der Waals surface area contributed by atoms with E-state index in [9.17, 15) is 5.11 Å². The minimum Gasteiger partial charge on any atom is -0.489 e. The van der Waals surface area contributed by atoms with Crippen LogP contribution in [0.15, 0.2) is 42.5 Å². The summed E-state index contributed by atoms with van der Waals surface area (Å²) in [5.74, 6) is 0.489. The smallest absolute Gasteiger partial charge is 0.138 e. The van der Waals surface area contributed by atoms with Gasteiger partial charge in [0.25, 0.3) is 0 Å². The Morgan fingerprint density at radius 1 is 1.05 bits per heavy atom. The van der Waals surface area contributed by atoms with Crippen molar-refractivity contribution < 1.29 is 9.84 Å². The number of aliphatic hydroxyl groups is 1. The van der Waals surface area contributed by atoms with Crippen LogP contribution in [0.5, 0.6) is 5.75 Å². The number of hydrogen-bond acceptors (Lipinski definition) is 3. The first-order valence-electron chi connectivity index (χ1n) is 6.30. The van der Waals surface area contributed by atoms with E-state index in [-0.39, 0.29) is 6.61 Å². The summed E-state index contributed by atoms with van der Waals surface area (Å²) in [5.41, 5.74) is 0.839. The van der Waals surface area contributed by atoms with Crippen molar-refractivity contribution in [2.45, 2.75) is 6.10 Å². The van der Waals surface area contributed by atoms with Gasteiger partial charge in [-0.15, -0.1) is 0 Å². The lowest BCUT2D eigenvalue weighted by molar-refractivity contribution is 0.117. The number of ether oxygens (including phenoxy) is 1. The van der Waals surface area contributed by atoms with Gasteiger partial charge in [-0.2, -0.15) is 0 Å². The summed E-state index contributed by atoms with van der Waals surface area (Å²) in [6, 6.07) is 12.2. The highest BCUT2D eigenvalue weighted by Gasteiger charge is 2.08. The van der Waals surface area contributed by atoms with Crippen molar-refractivity contribution in [1.29, 1.82) is 0 Å². The predicted molar refractivity (Wildman–Crippen MR) is 87.9 cm³/mol. The monoisotopic (exact) mass is 345 g/mol. The van der Waals surface area contributed by atoms with Crippen molar-refractivity contribution in [2.75, 3.05) is 18.5 Å². The molecule has 2 rings (SSSR count). The van der Waals surface area contributed by atoms with Crippen molar-refractivity contribution in [3.63, 3.8) is 0 Å². The minimum atomic E-state index is -0.685. The van der Waals surface area contributed by atoms with Gasteiger partial charge in [0, 0.05) is 22.3 Å². The maximum Gasteiger partial charge on any atom is 0.138 e. The molecule has 21 heavy (non-hydrogen) atoms.